The monoisotopic (exact) mass is 407 g/mol. The zero-order valence-corrected chi connectivity index (χ0v) is 17.7. The predicted molar refractivity (Wildman–Crippen MR) is 116 cm³/mol. The van der Waals surface area contributed by atoms with Crippen LogP contribution in [-0.2, 0) is 9.53 Å². The molecule has 1 aliphatic heterocycles. The van der Waals surface area contributed by atoms with Gasteiger partial charge in [0, 0.05) is 24.9 Å². The Balaban J connectivity index is 1.80. The van der Waals surface area contributed by atoms with E-state index in [0.29, 0.717) is 24.5 Å². The van der Waals surface area contributed by atoms with E-state index in [0.717, 1.165) is 43.4 Å². The number of hydrogen-bond donors (Lipinski definition) is 1. The number of amides is 2. The maximum Gasteiger partial charge on any atom is 0.254 e. The summed E-state index contributed by atoms with van der Waals surface area (Å²) in [5, 5.41) is 3.04. The van der Waals surface area contributed by atoms with Gasteiger partial charge in [-0.15, -0.1) is 0 Å². The summed E-state index contributed by atoms with van der Waals surface area (Å²) in [7, 11) is 1.64. The summed E-state index contributed by atoms with van der Waals surface area (Å²) in [6.07, 6.45) is 4.77. The molecule has 158 valence electrons. The lowest BCUT2D eigenvalue weighted by Gasteiger charge is -2.53. The molecule has 0 unspecified atom stereocenters. The summed E-state index contributed by atoms with van der Waals surface area (Å²) in [6.45, 7) is 2.83. The molecular formula is C24H29N3O3. The summed E-state index contributed by atoms with van der Waals surface area (Å²) in [5.74, 6) is 0.00861. The van der Waals surface area contributed by atoms with Crippen LogP contribution in [-0.4, -0.2) is 47.5 Å². The summed E-state index contributed by atoms with van der Waals surface area (Å²) in [6, 6.07) is 13.1. The minimum Gasteiger partial charge on any atom is -0.383 e. The molecular weight excluding hydrogens is 378 g/mol. The van der Waals surface area contributed by atoms with Crippen LogP contribution in [0, 0.1) is 6.92 Å². The molecule has 1 fully saturated rings. The van der Waals surface area contributed by atoms with Crippen LogP contribution in [0.25, 0.3) is 0 Å². The number of nitrogens with one attached hydrogen (secondary N) is 1. The molecule has 1 spiro atoms. The quantitative estimate of drug-likeness (QED) is 0.816. The van der Waals surface area contributed by atoms with Crippen LogP contribution in [0.5, 0.6) is 0 Å². The molecule has 1 aromatic heterocycles. The molecule has 2 amide bonds. The van der Waals surface area contributed by atoms with E-state index in [1.807, 2.05) is 48.2 Å². The second-order valence-electron chi connectivity index (χ2n) is 8.29. The number of methoxy groups -OCH3 is 1. The van der Waals surface area contributed by atoms with E-state index in [-0.39, 0.29) is 11.8 Å². The van der Waals surface area contributed by atoms with Gasteiger partial charge in [0.05, 0.1) is 18.1 Å². The topological polar surface area (TPSA) is 71.5 Å². The molecule has 4 rings (SSSR count). The van der Waals surface area contributed by atoms with Crippen LogP contribution in [0.4, 0.5) is 5.82 Å². The molecule has 2 heterocycles. The van der Waals surface area contributed by atoms with Crippen LogP contribution in [0.3, 0.4) is 0 Å². The first kappa shape index (κ1) is 20.5. The molecule has 0 saturated heterocycles. The fourth-order valence-electron chi connectivity index (χ4n) is 5.16. The van der Waals surface area contributed by atoms with E-state index in [4.69, 9.17) is 4.74 Å². The smallest absolute Gasteiger partial charge is 0.254 e. The van der Waals surface area contributed by atoms with E-state index >= 15 is 0 Å². The number of carbonyl (C=O) groups is 2. The number of ether oxygens (including phenoxy) is 1. The predicted octanol–water partition coefficient (Wildman–Crippen LogP) is 3.92. The van der Waals surface area contributed by atoms with Gasteiger partial charge in [0.2, 0.25) is 5.91 Å². The van der Waals surface area contributed by atoms with Crippen molar-refractivity contribution in [1.82, 2.24) is 9.88 Å². The Hall–Kier alpha value is -2.73. The summed E-state index contributed by atoms with van der Waals surface area (Å²) in [4.78, 5) is 33.6. The average Bonchev–Trinajstić information content (AvgIpc) is 2.74. The van der Waals surface area contributed by atoms with Crippen molar-refractivity contribution in [3.63, 3.8) is 0 Å². The van der Waals surface area contributed by atoms with Crippen LogP contribution in [0.15, 0.2) is 42.5 Å². The van der Waals surface area contributed by atoms with Crippen molar-refractivity contribution in [3.8, 4) is 0 Å². The Morgan fingerprint density at radius 2 is 1.93 bits per heavy atom. The number of aromatic nitrogens is 1. The maximum atomic E-state index is 13.7. The van der Waals surface area contributed by atoms with Gasteiger partial charge in [0.15, 0.2) is 0 Å². The summed E-state index contributed by atoms with van der Waals surface area (Å²) < 4.78 is 5.31. The first-order valence-electron chi connectivity index (χ1n) is 10.7. The van der Waals surface area contributed by atoms with Gasteiger partial charge in [-0.25, -0.2) is 4.98 Å². The number of hydrogen-bond acceptors (Lipinski definition) is 4. The van der Waals surface area contributed by atoms with Crippen LogP contribution >= 0.6 is 0 Å². The number of pyridine rings is 1. The lowest BCUT2D eigenvalue weighted by atomic mass is 9.65. The molecule has 2 aromatic rings. The number of rotatable bonds is 5. The van der Waals surface area contributed by atoms with Gasteiger partial charge >= 0.3 is 0 Å². The third-order valence-corrected chi connectivity index (χ3v) is 6.46. The van der Waals surface area contributed by atoms with Gasteiger partial charge < -0.3 is 15.0 Å². The molecule has 0 radical (unpaired) electrons. The highest BCUT2D eigenvalue weighted by Crippen LogP contribution is 2.49. The molecule has 30 heavy (non-hydrogen) atoms. The Bertz CT molecular complexity index is 937. The molecule has 2 aliphatic rings. The second kappa shape index (κ2) is 8.56. The van der Waals surface area contributed by atoms with Crippen LogP contribution < -0.4 is 5.32 Å². The van der Waals surface area contributed by atoms with Gasteiger partial charge in [-0.05, 0) is 43.5 Å². The van der Waals surface area contributed by atoms with E-state index in [9.17, 15) is 9.59 Å². The standard InChI is InChI=1S/C24H29N3O3/c1-17-9-8-12-20(25-17)26-22(28)21-18-10-4-5-11-19(18)23(29)27(15-16-30-2)24(21)13-6-3-7-14-24/h4-5,8-12,21H,3,6-7,13-16H2,1-2H3,(H,25,26,28)/t21-/m1/s1. The second-order valence-corrected chi connectivity index (χ2v) is 8.29. The SMILES string of the molecule is COCCN1C(=O)c2ccccc2[C@H](C(=O)Nc2cccc(C)n2)C12CCCCC2. The lowest BCUT2D eigenvalue weighted by molar-refractivity contribution is -0.122. The highest BCUT2D eigenvalue weighted by Gasteiger charge is 2.54. The van der Waals surface area contributed by atoms with E-state index in [2.05, 4.69) is 10.3 Å². The molecule has 1 aromatic carbocycles. The van der Waals surface area contributed by atoms with Crippen molar-refractivity contribution in [2.24, 2.45) is 0 Å². The first-order valence-corrected chi connectivity index (χ1v) is 10.7. The molecule has 1 saturated carbocycles. The van der Waals surface area contributed by atoms with Crippen molar-refractivity contribution in [2.45, 2.75) is 50.5 Å². The van der Waals surface area contributed by atoms with Crippen molar-refractivity contribution in [1.29, 1.82) is 0 Å². The normalized spacial score (nSPS) is 20.1. The van der Waals surface area contributed by atoms with Gasteiger partial charge in [-0.1, -0.05) is 43.5 Å². The van der Waals surface area contributed by atoms with Crippen molar-refractivity contribution < 1.29 is 14.3 Å². The van der Waals surface area contributed by atoms with Crippen LogP contribution in [0.1, 0.15) is 59.6 Å². The minimum atomic E-state index is -0.532. The molecule has 1 aliphatic carbocycles. The van der Waals surface area contributed by atoms with Gasteiger partial charge in [0.1, 0.15) is 5.82 Å². The number of anilines is 1. The van der Waals surface area contributed by atoms with Crippen LogP contribution in [0.2, 0.25) is 0 Å². The van der Waals surface area contributed by atoms with Crippen molar-refractivity contribution >= 4 is 17.6 Å². The third kappa shape index (κ3) is 3.60. The Kier molecular flexibility index (Phi) is 5.86. The largest absolute Gasteiger partial charge is 0.383 e. The number of nitrogens with zero attached hydrogens (tertiary/aromatic N) is 2. The van der Waals surface area contributed by atoms with E-state index in [1.54, 1.807) is 13.2 Å². The molecule has 1 N–H and O–H groups in total. The van der Waals surface area contributed by atoms with Crippen molar-refractivity contribution in [2.75, 3.05) is 25.6 Å². The van der Waals surface area contributed by atoms with E-state index in [1.165, 1.54) is 0 Å². The number of carbonyl (C=O) groups excluding carboxylic acids is 2. The minimum absolute atomic E-state index is 0.00211. The Morgan fingerprint density at radius 1 is 1.17 bits per heavy atom. The Morgan fingerprint density at radius 3 is 2.67 bits per heavy atom. The highest BCUT2D eigenvalue weighted by molar-refractivity contribution is 6.04. The molecule has 6 heteroatoms. The number of aryl methyl sites for hydroxylation is 1. The zero-order chi connectivity index (χ0) is 21.1. The van der Waals surface area contributed by atoms with Gasteiger partial charge in [-0.3, -0.25) is 9.59 Å². The number of fused-ring (bicyclic) bond motifs is 1. The van der Waals surface area contributed by atoms with Gasteiger partial charge in [0.25, 0.3) is 5.91 Å². The molecule has 6 nitrogen and oxygen atoms in total. The summed E-state index contributed by atoms with van der Waals surface area (Å²) in [5.41, 5.74) is 1.75. The molecule has 1 atom stereocenters. The molecule has 0 bridgehead atoms. The third-order valence-electron chi connectivity index (χ3n) is 6.46. The highest BCUT2D eigenvalue weighted by atomic mass is 16.5. The number of benzene rings is 1. The Labute approximate surface area is 177 Å². The summed E-state index contributed by atoms with van der Waals surface area (Å²) >= 11 is 0. The fraction of sp³-hybridized carbons (Fsp3) is 0.458. The lowest BCUT2D eigenvalue weighted by Crippen LogP contribution is -2.62. The average molecular weight is 408 g/mol. The van der Waals surface area contributed by atoms with Crippen molar-refractivity contribution in [3.05, 3.63) is 59.3 Å². The zero-order valence-electron chi connectivity index (χ0n) is 17.7. The maximum absolute atomic E-state index is 13.7. The van der Waals surface area contributed by atoms with Gasteiger partial charge in [-0.2, -0.15) is 0 Å². The van der Waals surface area contributed by atoms with E-state index < -0.39 is 11.5 Å². The first-order chi connectivity index (χ1) is 14.6. The fourth-order valence-corrected chi connectivity index (χ4v) is 5.16.